The molecule has 122 valence electrons. The van der Waals surface area contributed by atoms with E-state index < -0.39 is 9.84 Å². The molecular weight excluding hydrogens is 302 g/mol. The minimum Gasteiger partial charge on any atom is -0.383 e. The topological polar surface area (TPSA) is 62.7 Å². The second-order valence-corrected chi connectivity index (χ2v) is 8.22. The van der Waals surface area contributed by atoms with Gasteiger partial charge in [-0.2, -0.15) is 0 Å². The van der Waals surface area contributed by atoms with E-state index in [0.29, 0.717) is 6.61 Å². The minimum atomic E-state index is -2.95. The summed E-state index contributed by atoms with van der Waals surface area (Å²) in [7, 11) is -1.27. The van der Waals surface area contributed by atoms with Gasteiger partial charge in [0.05, 0.1) is 18.1 Å². The van der Waals surface area contributed by atoms with Gasteiger partial charge in [-0.05, 0) is 17.7 Å². The van der Waals surface area contributed by atoms with Crippen LogP contribution in [0, 0.1) is 0 Å². The van der Waals surface area contributed by atoms with Crippen LogP contribution in [0.3, 0.4) is 0 Å². The number of ether oxygens (including phenoxy) is 1. The smallest absolute Gasteiger partial charge is 0.153 e. The molecule has 0 spiro atoms. The summed E-state index contributed by atoms with van der Waals surface area (Å²) in [6, 6.07) is 4.17. The monoisotopic (exact) mass is 325 g/mol. The van der Waals surface area contributed by atoms with Gasteiger partial charge < -0.3 is 4.74 Å². The van der Waals surface area contributed by atoms with E-state index in [2.05, 4.69) is 14.8 Å². The fourth-order valence-corrected chi connectivity index (χ4v) is 5.54. The van der Waals surface area contributed by atoms with Crippen molar-refractivity contribution in [1.29, 1.82) is 0 Å². The Hall–Kier alpha value is -1.02. The first kappa shape index (κ1) is 15.9. The first-order valence-corrected chi connectivity index (χ1v) is 9.47. The van der Waals surface area contributed by atoms with Crippen LogP contribution in [0.1, 0.15) is 5.56 Å². The van der Waals surface area contributed by atoms with E-state index in [9.17, 15) is 8.42 Å². The molecule has 7 heteroatoms. The van der Waals surface area contributed by atoms with Crippen LogP contribution in [-0.2, 0) is 21.1 Å². The van der Waals surface area contributed by atoms with E-state index in [1.54, 1.807) is 19.5 Å². The van der Waals surface area contributed by atoms with Crippen molar-refractivity contribution in [3.05, 3.63) is 30.1 Å². The molecule has 2 aliphatic rings. The number of hydrogen-bond acceptors (Lipinski definition) is 6. The zero-order valence-electron chi connectivity index (χ0n) is 12.9. The van der Waals surface area contributed by atoms with Crippen molar-refractivity contribution in [2.75, 3.05) is 44.9 Å². The lowest BCUT2D eigenvalue weighted by Crippen LogP contribution is -2.59. The van der Waals surface area contributed by atoms with Gasteiger partial charge in [0, 0.05) is 57.8 Å². The van der Waals surface area contributed by atoms with Crippen LogP contribution in [-0.4, -0.2) is 80.1 Å². The Kier molecular flexibility index (Phi) is 4.77. The van der Waals surface area contributed by atoms with E-state index in [0.717, 1.165) is 26.2 Å². The van der Waals surface area contributed by atoms with Gasteiger partial charge in [-0.1, -0.05) is 0 Å². The van der Waals surface area contributed by atoms with Gasteiger partial charge in [-0.3, -0.25) is 14.8 Å². The molecule has 2 saturated heterocycles. The van der Waals surface area contributed by atoms with Gasteiger partial charge in [-0.15, -0.1) is 0 Å². The number of fused-ring (bicyclic) bond motifs is 1. The fraction of sp³-hybridized carbons (Fsp3) is 0.667. The van der Waals surface area contributed by atoms with Crippen LogP contribution in [0.4, 0.5) is 0 Å². The van der Waals surface area contributed by atoms with E-state index >= 15 is 0 Å². The molecule has 0 N–H and O–H groups in total. The number of nitrogens with zero attached hydrogens (tertiary/aromatic N) is 3. The summed E-state index contributed by atoms with van der Waals surface area (Å²) in [5.74, 6) is 0.542. The highest BCUT2D eigenvalue weighted by Gasteiger charge is 2.46. The Morgan fingerprint density at radius 3 is 2.50 bits per heavy atom. The molecule has 0 bridgehead atoms. The van der Waals surface area contributed by atoms with E-state index in [1.165, 1.54) is 5.56 Å². The Bertz CT molecular complexity index is 593. The maximum Gasteiger partial charge on any atom is 0.153 e. The first-order chi connectivity index (χ1) is 10.6. The van der Waals surface area contributed by atoms with Crippen molar-refractivity contribution < 1.29 is 13.2 Å². The van der Waals surface area contributed by atoms with Crippen molar-refractivity contribution in [1.82, 2.24) is 14.8 Å². The lowest BCUT2D eigenvalue weighted by atomic mass is 10.0. The number of sulfone groups is 1. The molecule has 1 aromatic heterocycles. The molecule has 2 atom stereocenters. The summed E-state index contributed by atoms with van der Waals surface area (Å²) >= 11 is 0. The Labute approximate surface area is 132 Å². The SMILES string of the molecule is COCCN1CCN(Cc2ccncc2)[C@H]2CS(=O)(=O)C[C@H]21. The van der Waals surface area contributed by atoms with Crippen LogP contribution in [0.15, 0.2) is 24.5 Å². The van der Waals surface area contributed by atoms with Crippen molar-refractivity contribution in [3.63, 3.8) is 0 Å². The molecule has 0 aromatic carbocycles. The van der Waals surface area contributed by atoms with Gasteiger partial charge >= 0.3 is 0 Å². The Morgan fingerprint density at radius 1 is 1.18 bits per heavy atom. The Morgan fingerprint density at radius 2 is 1.82 bits per heavy atom. The molecule has 22 heavy (non-hydrogen) atoms. The standard InChI is InChI=1S/C15H23N3O3S/c1-21-9-8-17-6-7-18(10-13-2-4-16-5-3-13)15-12-22(19,20)11-14(15)17/h2-5,14-15H,6-12H2,1H3/t14-,15+/m1/s1. The van der Waals surface area contributed by atoms with E-state index in [4.69, 9.17) is 4.74 Å². The average molecular weight is 325 g/mol. The van der Waals surface area contributed by atoms with Crippen molar-refractivity contribution in [2.45, 2.75) is 18.6 Å². The van der Waals surface area contributed by atoms with Gasteiger partial charge in [-0.25, -0.2) is 8.42 Å². The maximum absolute atomic E-state index is 12.1. The molecule has 0 unspecified atom stereocenters. The number of pyridine rings is 1. The molecular formula is C15H23N3O3S. The molecule has 3 heterocycles. The van der Waals surface area contributed by atoms with Crippen LogP contribution in [0.25, 0.3) is 0 Å². The van der Waals surface area contributed by atoms with E-state index in [-0.39, 0.29) is 23.6 Å². The molecule has 2 fully saturated rings. The number of aromatic nitrogens is 1. The summed E-state index contributed by atoms with van der Waals surface area (Å²) in [6.45, 7) is 4.02. The van der Waals surface area contributed by atoms with Crippen LogP contribution in [0.2, 0.25) is 0 Å². The van der Waals surface area contributed by atoms with Crippen LogP contribution >= 0.6 is 0 Å². The fourth-order valence-electron chi connectivity index (χ4n) is 3.50. The molecule has 0 amide bonds. The second kappa shape index (κ2) is 6.62. The zero-order chi connectivity index (χ0) is 15.6. The number of piperazine rings is 1. The van der Waals surface area contributed by atoms with Crippen molar-refractivity contribution in [2.24, 2.45) is 0 Å². The molecule has 0 radical (unpaired) electrons. The summed E-state index contributed by atoms with van der Waals surface area (Å²) < 4.78 is 29.4. The zero-order valence-corrected chi connectivity index (χ0v) is 13.7. The average Bonchev–Trinajstić information content (AvgIpc) is 2.83. The lowest BCUT2D eigenvalue weighted by molar-refractivity contribution is 0.0252. The van der Waals surface area contributed by atoms with Gasteiger partial charge in [0.1, 0.15) is 0 Å². The third-order valence-corrected chi connectivity index (χ3v) is 6.32. The molecule has 1 aromatic rings. The molecule has 3 rings (SSSR count). The summed E-state index contributed by atoms with van der Waals surface area (Å²) in [5, 5.41) is 0. The second-order valence-electron chi connectivity index (χ2n) is 6.07. The summed E-state index contributed by atoms with van der Waals surface area (Å²) in [6.07, 6.45) is 3.57. The van der Waals surface area contributed by atoms with Crippen molar-refractivity contribution >= 4 is 9.84 Å². The van der Waals surface area contributed by atoms with Gasteiger partial charge in [0.2, 0.25) is 0 Å². The maximum atomic E-state index is 12.1. The first-order valence-electron chi connectivity index (χ1n) is 7.65. The number of rotatable bonds is 5. The highest BCUT2D eigenvalue weighted by Crippen LogP contribution is 2.27. The van der Waals surface area contributed by atoms with Gasteiger partial charge in [0.25, 0.3) is 0 Å². The minimum absolute atomic E-state index is 0.0868. The third kappa shape index (κ3) is 3.48. The van der Waals surface area contributed by atoms with Crippen LogP contribution in [0.5, 0.6) is 0 Å². The molecule has 2 aliphatic heterocycles. The number of methoxy groups -OCH3 is 1. The molecule has 0 saturated carbocycles. The normalized spacial score (nSPS) is 28.6. The lowest BCUT2D eigenvalue weighted by Gasteiger charge is -2.43. The highest BCUT2D eigenvalue weighted by molar-refractivity contribution is 7.91. The summed E-state index contributed by atoms with van der Waals surface area (Å²) in [4.78, 5) is 8.63. The third-order valence-electron chi connectivity index (χ3n) is 4.62. The highest BCUT2D eigenvalue weighted by atomic mass is 32.2. The van der Waals surface area contributed by atoms with Crippen LogP contribution < -0.4 is 0 Å². The van der Waals surface area contributed by atoms with Gasteiger partial charge in [0.15, 0.2) is 9.84 Å². The predicted octanol–water partition coefficient (Wildman–Crippen LogP) is 0.0112. The predicted molar refractivity (Wildman–Crippen MR) is 84.3 cm³/mol. The number of hydrogen-bond donors (Lipinski definition) is 0. The molecule has 6 nitrogen and oxygen atoms in total. The summed E-state index contributed by atoms with van der Waals surface area (Å²) in [5.41, 5.74) is 1.18. The van der Waals surface area contributed by atoms with Crippen molar-refractivity contribution in [3.8, 4) is 0 Å². The largest absolute Gasteiger partial charge is 0.383 e. The quantitative estimate of drug-likeness (QED) is 0.760. The van der Waals surface area contributed by atoms with E-state index in [1.807, 2.05) is 12.1 Å². The Balaban J connectivity index is 1.74. The molecule has 0 aliphatic carbocycles.